The van der Waals surface area contributed by atoms with Crippen molar-refractivity contribution in [3.63, 3.8) is 0 Å². The Hall–Kier alpha value is -1.45. The summed E-state index contributed by atoms with van der Waals surface area (Å²) in [4.78, 5) is 23.6. The van der Waals surface area contributed by atoms with Gasteiger partial charge in [0, 0.05) is 11.1 Å². The molecule has 0 aliphatic heterocycles. The molecule has 0 saturated heterocycles. The first-order chi connectivity index (χ1) is 8.27. The van der Waals surface area contributed by atoms with E-state index in [0.717, 1.165) is 0 Å². The molecule has 0 bridgehead atoms. The third kappa shape index (κ3) is 3.79. The van der Waals surface area contributed by atoms with Crippen molar-refractivity contribution < 1.29 is 9.59 Å². The first-order valence-corrected chi connectivity index (χ1v) is 5.44. The molecule has 0 heterocycles. The molecule has 2 nitrogen and oxygen atoms in total. The molecule has 0 aromatic heterocycles. The summed E-state index contributed by atoms with van der Waals surface area (Å²) in [6.07, 6.45) is -0.0754. The summed E-state index contributed by atoms with van der Waals surface area (Å²) in [5, 5.41) is 0. The van der Waals surface area contributed by atoms with Crippen LogP contribution in [0.2, 0.25) is 0 Å². The molecule has 0 atom stereocenters. The van der Waals surface area contributed by atoms with E-state index in [4.69, 9.17) is 0 Å². The molecule has 0 amide bonds. The summed E-state index contributed by atoms with van der Waals surface area (Å²) < 4.78 is 0. The Morgan fingerprint density at radius 3 is 1.33 bits per heavy atom. The Bertz CT molecular complexity index is 471. The molecule has 2 aromatic rings. The molecular formula is C15H12MgO2+2. The number of carbonyl (C=O) groups excluding carboxylic acids is 2. The third-order valence-electron chi connectivity index (χ3n) is 2.51. The van der Waals surface area contributed by atoms with Gasteiger partial charge >= 0.3 is 23.1 Å². The van der Waals surface area contributed by atoms with Crippen molar-refractivity contribution in [3.8, 4) is 0 Å². The van der Waals surface area contributed by atoms with E-state index >= 15 is 0 Å². The van der Waals surface area contributed by atoms with E-state index in [2.05, 4.69) is 0 Å². The van der Waals surface area contributed by atoms with Gasteiger partial charge in [-0.1, -0.05) is 60.7 Å². The standard InChI is InChI=1S/C15H12O2.Mg/c16-14(12-7-3-1-4-8-12)11-15(17)13-9-5-2-6-10-13;/h1-10H,11H2;/q;+2. The number of hydrogen-bond acceptors (Lipinski definition) is 2. The third-order valence-corrected chi connectivity index (χ3v) is 2.51. The Morgan fingerprint density at radius 1 is 0.667 bits per heavy atom. The second-order valence-electron chi connectivity index (χ2n) is 3.76. The number of rotatable bonds is 4. The van der Waals surface area contributed by atoms with E-state index in [1.165, 1.54) is 0 Å². The van der Waals surface area contributed by atoms with Crippen LogP contribution in [0.5, 0.6) is 0 Å². The van der Waals surface area contributed by atoms with Crippen molar-refractivity contribution in [3.05, 3.63) is 71.8 Å². The monoisotopic (exact) mass is 248 g/mol. The van der Waals surface area contributed by atoms with Gasteiger partial charge in [-0.2, -0.15) is 0 Å². The number of hydrogen-bond donors (Lipinski definition) is 0. The molecule has 0 fully saturated rings. The van der Waals surface area contributed by atoms with Gasteiger partial charge in [0.1, 0.15) is 0 Å². The van der Waals surface area contributed by atoms with Gasteiger partial charge in [-0.15, -0.1) is 0 Å². The summed E-state index contributed by atoms with van der Waals surface area (Å²) in [6.45, 7) is 0. The largest absolute Gasteiger partial charge is 2.00 e. The van der Waals surface area contributed by atoms with Crippen LogP contribution in [0.15, 0.2) is 60.7 Å². The normalized spacial score (nSPS) is 9.33. The minimum absolute atomic E-state index is 0. The van der Waals surface area contributed by atoms with Crippen LogP contribution in [0.1, 0.15) is 27.1 Å². The van der Waals surface area contributed by atoms with Crippen LogP contribution in [0, 0.1) is 0 Å². The van der Waals surface area contributed by atoms with Crippen molar-refractivity contribution >= 4 is 34.6 Å². The minimum atomic E-state index is -0.139. The molecule has 84 valence electrons. The molecule has 18 heavy (non-hydrogen) atoms. The maximum atomic E-state index is 11.8. The van der Waals surface area contributed by atoms with Gasteiger partial charge in [0.05, 0.1) is 6.42 Å². The minimum Gasteiger partial charge on any atom is -0.294 e. The zero-order chi connectivity index (χ0) is 12.1. The number of benzene rings is 2. The summed E-state index contributed by atoms with van der Waals surface area (Å²) in [5.74, 6) is -0.279. The Morgan fingerprint density at radius 2 is 1.00 bits per heavy atom. The SMILES string of the molecule is O=C(CC(=O)c1ccccc1)c1ccccc1.[Mg+2]. The number of carbonyl (C=O) groups is 2. The Kier molecular flexibility index (Phi) is 5.75. The molecule has 0 spiro atoms. The quantitative estimate of drug-likeness (QED) is 0.474. The van der Waals surface area contributed by atoms with E-state index in [1.807, 2.05) is 12.1 Å². The fourth-order valence-corrected chi connectivity index (χ4v) is 1.60. The summed E-state index contributed by atoms with van der Waals surface area (Å²) in [6, 6.07) is 17.7. The van der Waals surface area contributed by atoms with Gasteiger partial charge in [-0.25, -0.2) is 0 Å². The van der Waals surface area contributed by atoms with Crippen molar-refractivity contribution in [2.24, 2.45) is 0 Å². The predicted octanol–water partition coefficient (Wildman–Crippen LogP) is 2.76. The molecular weight excluding hydrogens is 236 g/mol. The van der Waals surface area contributed by atoms with Gasteiger partial charge in [0.2, 0.25) is 0 Å². The van der Waals surface area contributed by atoms with Crippen LogP contribution >= 0.6 is 0 Å². The van der Waals surface area contributed by atoms with E-state index in [-0.39, 0.29) is 41.0 Å². The molecule has 0 N–H and O–H groups in total. The van der Waals surface area contributed by atoms with E-state index in [1.54, 1.807) is 48.5 Å². The average Bonchev–Trinajstić information content (AvgIpc) is 2.40. The Balaban J connectivity index is 0.00000162. The second kappa shape index (κ2) is 7.09. The second-order valence-corrected chi connectivity index (χ2v) is 3.76. The molecule has 0 aliphatic rings. The van der Waals surface area contributed by atoms with Crippen molar-refractivity contribution in [2.45, 2.75) is 6.42 Å². The summed E-state index contributed by atoms with van der Waals surface area (Å²) in [5.41, 5.74) is 1.16. The van der Waals surface area contributed by atoms with Gasteiger partial charge in [0.15, 0.2) is 11.6 Å². The molecule has 0 unspecified atom stereocenters. The van der Waals surface area contributed by atoms with E-state index in [0.29, 0.717) is 11.1 Å². The van der Waals surface area contributed by atoms with Crippen molar-refractivity contribution in [1.29, 1.82) is 0 Å². The topological polar surface area (TPSA) is 34.1 Å². The van der Waals surface area contributed by atoms with Crippen LogP contribution in [0.4, 0.5) is 0 Å². The van der Waals surface area contributed by atoms with Gasteiger partial charge in [-0.05, 0) is 0 Å². The first-order valence-electron chi connectivity index (χ1n) is 5.44. The fourth-order valence-electron chi connectivity index (χ4n) is 1.60. The van der Waals surface area contributed by atoms with Gasteiger partial charge in [-0.3, -0.25) is 9.59 Å². The van der Waals surface area contributed by atoms with Crippen LogP contribution in [0.25, 0.3) is 0 Å². The molecule has 0 radical (unpaired) electrons. The molecule has 0 aliphatic carbocycles. The maximum Gasteiger partial charge on any atom is 2.00 e. The van der Waals surface area contributed by atoms with Crippen molar-refractivity contribution in [2.75, 3.05) is 0 Å². The molecule has 0 saturated carbocycles. The molecule has 2 aromatic carbocycles. The van der Waals surface area contributed by atoms with Crippen molar-refractivity contribution in [1.82, 2.24) is 0 Å². The average molecular weight is 249 g/mol. The van der Waals surface area contributed by atoms with E-state index in [9.17, 15) is 9.59 Å². The molecule has 2 rings (SSSR count). The number of ketones is 2. The zero-order valence-electron chi connectivity index (χ0n) is 10.0. The predicted molar refractivity (Wildman–Crippen MR) is 71.9 cm³/mol. The smallest absolute Gasteiger partial charge is 0.294 e. The van der Waals surface area contributed by atoms with Gasteiger partial charge in [0.25, 0.3) is 0 Å². The van der Waals surface area contributed by atoms with E-state index < -0.39 is 0 Å². The zero-order valence-corrected chi connectivity index (χ0v) is 11.4. The van der Waals surface area contributed by atoms with Crippen LogP contribution < -0.4 is 0 Å². The summed E-state index contributed by atoms with van der Waals surface area (Å²) in [7, 11) is 0. The molecule has 3 heteroatoms. The van der Waals surface area contributed by atoms with Gasteiger partial charge < -0.3 is 0 Å². The maximum absolute atomic E-state index is 11.8. The summed E-state index contributed by atoms with van der Waals surface area (Å²) >= 11 is 0. The van der Waals surface area contributed by atoms with Crippen LogP contribution in [-0.4, -0.2) is 34.6 Å². The fraction of sp³-hybridized carbons (Fsp3) is 0.0667. The van der Waals surface area contributed by atoms with Crippen LogP contribution in [0.3, 0.4) is 0 Å². The first kappa shape index (κ1) is 14.6. The Labute approximate surface area is 122 Å². The number of Topliss-reactive ketones (excluding diaryl/α,β-unsaturated/α-hetero) is 2. The van der Waals surface area contributed by atoms with Crippen LogP contribution in [-0.2, 0) is 0 Å².